The number of nitrogens with zero attached hydrogens (tertiary/aromatic N) is 2. The number of aryl methyl sites for hydroxylation is 1. The molecule has 0 bridgehead atoms. The molecular weight excluding hydrogens is 370 g/mol. The number of thiophene rings is 1. The summed E-state index contributed by atoms with van der Waals surface area (Å²) in [4.78, 5) is 33.2. The van der Waals surface area contributed by atoms with Gasteiger partial charge in [0.25, 0.3) is 11.5 Å². The van der Waals surface area contributed by atoms with Gasteiger partial charge in [0, 0.05) is 32.7 Å². The minimum atomic E-state index is -0.321. The van der Waals surface area contributed by atoms with Crippen LogP contribution in [-0.2, 0) is 6.54 Å². The zero-order valence-electron chi connectivity index (χ0n) is 15.9. The minimum Gasteiger partial charge on any atom is -0.336 e. The van der Waals surface area contributed by atoms with Crippen LogP contribution in [0.1, 0.15) is 21.5 Å². The fraction of sp³-hybridized carbons (Fsp3) is 0.273. The third-order valence-corrected chi connectivity index (χ3v) is 6.14. The normalized spacial score (nSPS) is 15.0. The second-order valence-electron chi connectivity index (χ2n) is 7.09. The number of nitrogens with one attached hydrogen (secondary N) is 1. The van der Waals surface area contributed by atoms with Crippen LogP contribution in [0.5, 0.6) is 0 Å². The number of benzene rings is 1. The first-order valence-corrected chi connectivity index (χ1v) is 10.3. The fourth-order valence-corrected chi connectivity index (χ4v) is 4.23. The number of rotatable bonds is 4. The molecular formula is C22H23N3O2S. The molecule has 0 atom stereocenters. The van der Waals surface area contributed by atoms with E-state index in [0.717, 1.165) is 30.2 Å². The predicted molar refractivity (Wildman–Crippen MR) is 113 cm³/mol. The van der Waals surface area contributed by atoms with Crippen molar-refractivity contribution in [3.8, 4) is 10.6 Å². The van der Waals surface area contributed by atoms with E-state index >= 15 is 0 Å². The first-order chi connectivity index (χ1) is 13.6. The topological polar surface area (TPSA) is 56.4 Å². The second-order valence-corrected chi connectivity index (χ2v) is 8.03. The van der Waals surface area contributed by atoms with Gasteiger partial charge in [0.15, 0.2) is 0 Å². The summed E-state index contributed by atoms with van der Waals surface area (Å²) in [6, 6.07) is 15.7. The number of H-pyrrole nitrogens is 1. The Morgan fingerprint density at radius 3 is 2.50 bits per heavy atom. The van der Waals surface area contributed by atoms with Gasteiger partial charge in [-0.1, -0.05) is 30.3 Å². The second kappa shape index (κ2) is 8.12. The van der Waals surface area contributed by atoms with Crippen molar-refractivity contribution in [2.45, 2.75) is 13.5 Å². The minimum absolute atomic E-state index is 0.186. The van der Waals surface area contributed by atoms with Crippen molar-refractivity contribution in [2.75, 3.05) is 26.2 Å². The van der Waals surface area contributed by atoms with Crippen molar-refractivity contribution < 1.29 is 4.79 Å². The van der Waals surface area contributed by atoms with Crippen molar-refractivity contribution in [2.24, 2.45) is 0 Å². The quantitative estimate of drug-likeness (QED) is 0.739. The summed E-state index contributed by atoms with van der Waals surface area (Å²) in [5, 5.41) is 1.96. The molecule has 1 fully saturated rings. The maximum absolute atomic E-state index is 12.8. The van der Waals surface area contributed by atoms with Crippen molar-refractivity contribution >= 4 is 17.2 Å². The maximum Gasteiger partial charge on any atom is 0.261 e. The number of amides is 1. The highest BCUT2D eigenvalue weighted by Gasteiger charge is 2.24. The molecule has 1 aliphatic rings. The molecule has 1 amide bonds. The molecule has 0 saturated carbocycles. The molecule has 0 unspecified atom stereocenters. The van der Waals surface area contributed by atoms with Gasteiger partial charge in [-0.15, -0.1) is 11.3 Å². The van der Waals surface area contributed by atoms with E-state index in [1.165, 1.54) is 11.1 Å². The monoisotopic (exact) mass is 393 g/mol. The Morgan fingerprint density at radius 1 is 1.04 bits per heavy atom. The Morgan fingerprint density at radius 2 is 1.82 bits per heavy atom. The summed E-state index contributed by atoms with van der Waals surface area (Å²) < 4.78 is 0. The number of carbonyl (C=O) groups excluding carboxylic acids is 1. The Bertz CT molecular complexity index is 1020. The number of carbonyl (C=O) groups is 1. The molecule has 6 heteroatoms. The first-order valence-electron chi connectivity index (χ1n) is 9.45. The largest absolute Gasteiger partial charge is 0.336 e. The molecule has 4 rings (SSSR count). The zero-order chi connectivity index (χ0) is 19.5. The van der Waals surface area contributed by atoms with Crippen LogP contribution >= 0.6 is 11.3 Å². The predicted octanol–water partition coefficient (Wildman–Crippen LogP) is 3.37. The summed E-state index contributed by atoms with van der Waals surface area (Å²) in [7, 11) is 0. The molecule has 144 valence electrons. The highest BCUT2D eigenvalue weighted by atomic mass is 32.1. The van der Waals surface area contributed by atoms with Gasteiger partial charge in [-0.3, -0.25) is 14.5 Å². The molecule has 0 aliphatic carbocycles. The number of hydrogen-bond acceptors (Lipinski definition) is 4. The van der Waals surface area contributed by atoms with Crippen LogP contribution in [0.15, 0.2) is 58.7 Å². The number of piperazine rings is 1. The van der Waals surface area contributed by atoms with Crippen LogP contribution in [0.3, 0.4) is 0 Å². The molecule has 0 spiro atoms. The lowest BCUT2D eigenvalue weighted by atomic mass is 10.1. The van der Waals surface area contributed by atoms with E-state index in [1.807, 2.05) is 23.6 Å². The molecule has 0 radical (unpaired) electrons. The fourth-order valence-electron chi connectivity index (χ4n) is 3.53. The van der Waals surface area contributed by atoms with Gasteiger partial charge in [-0.05, 0) is 41.6 Å². The van der Waals surface area contributed by atoms with Crippen LogP contribution < -0.4 is 5.56 Å². The average molecular weight is 394 g/mol. The van der Waals surface area contributed by atoms with Gasteiger partial charge in [-0.2, -0.15) is 0 Å². The van der Waals surface area contributed by atoms with E-state index in [1.54, 1.807) is 22.3 Å². The highest BCUT2D eigenvalue weighted by molar-refractivity contribution is 7.13. The van der Waals surface area contributed by atoms with E-state index in [0.29, 0.717) is 13.1 Å². The maximum atomic E-state index is 12.8. The van der Waals surface area contributed by atoms with Crippen LogP contribution in [0.2, 0.25) is 0 Å². The number of pyridine rings is 1. The summed E-state index contributed by atoms with van der Waals surface area (Å²) in [5.41, 5.74) is 3.26. The molecule has 3 heterocycles. The van der Waals surface area contributed by atoms with Gasteiger partial charge in [0.05, 0.1) is 10.6 Å². The lowest BCUT2D eigenvalue weighted by Gasteiger charge is -2.35. The Hall–Kier alpha value is -2.70. The van der Waals surface area contributed by atoms with Crippen molar-refractivity contribution in [1.29, 1.82) is 0 Å². The third kappa shape index (κ3) is 3.93. The first kappa shape index (κ1) is 18.7. The van der Waals surface area contributed by atoms with Gasteiger partial charge >= 0.3 is 0 Å². The van der Waals surface area contributed by atoms with Gasteiger partial charge in [0.2, 0.25) is 0 Å². The Labute approximate surface area is 168 Å². The highest BCUT2D eigenvalue weighted by Crippen LogP contribution is 2.21. The van der Waals surface area contributed by atoms with Crippen molar-refractivity contribution in [3.05, 3.63) is 81.0 Å². The standard InChI is InChI=1S/C22H23N3O2S/c1-16-5-2-3-6-17(16)15-24-10-12-25(13-11-24)22(27)18-8-9-19(23-21(18)26)20-7-4-14-28-20/h2-9,14H,10-13,15H2,1H3,(H,23,26). The number of aromatic nitrogens is 1. The van der Waals surface area contributed by atoms with Crippen LogP contribution in [0.4, 0.5) is 0 Å². The summed E-state index contributed by atoms with van der Waals surface area (Å²) in [6.07, 6.45) is 0. The smallest absolute Gasteiger partial charge is 0.261 e. The lowest BCUT2D eigenvalue weighted by molar-refractivity contribution is 0.0626. The van der Waals surface area contributed by atoms with Gasteiger partial charge in [-0.25, -0.2) is 0 Å². The third-order valence-electron chi connectivity index (χ3n) is 5.24. The van der Waals surface area contributed by atoms with Gasteiger partial charge < -0.3 is 9.88 Å². The van der Waals surface area contributed by atoms with Crippen molar-refractivity contribution in [1.82, 2.24) is 14.8 Å². The molecule has 28 heavy (non-hydrogen) atoms. The molecule has 1 aromatic carbocycles. The Balaban J connectivity index is 1.40. The van der Waals surface area contributed by atoms with E-state index in [2.05, 4.69) is 41.1 Å². The van der Waals surface area contributed by atoms with E-state index in [-0.39, 0.29) is 17.0 Å². The number of hydrogen-bond donors (Lipinski definition) is 1. The average Bonchev–Trinajstić information content (AvgIpc) is 3.25. The van der Waals surface area contributed by atoms with Crippen molar-refractivity contribution in [3.63, 3.8) is 0 Å². The Kier molecular flexibility index (Phi) is 5.41. The van der Waals surface area contributed by atoms with Crippen LogP contribution in [0, 0.1) is 6.92 Å². The van der Waals surface area contributed by atoms with Crippen LogP contribution in [0.25, 0.3) is 10.6 Å². The SMILES string of the molecule is Cc1ccccc1CN1CCN(C(=O)c2ccc(-c3cccs3)[nH]c2=O)CC1. The van der Waals surface area contributed by atoms with E-state index in [4.69, 9.17) is 0 Å². The lowest BCUT2D eigenvalue weighted by Crippen LogP contribution is -2.49. The van der Waals surface area contributed by atoms with Gasteiger partial charge in [0.1, 0.15) is 5.56 Å². The summed E-state index contributed by atoms with van der Waals surface area (Å²) in [5.74, 6) is -0.186. The molecule has 5 nitrogen and oxygen atoms in total. The molecule has 1 aliphatic heterocycles. The molecule has 2 aromatic heterocycles. The zero-order valence-corrected chi connectivity index (χ0v) is 16.7. The number of aromatic amines is 1. The van der Waals surface area contributed by atoms with E-state index < -0.39 is 0 Å². The molecule has 3 aromatic rings. The van der Waals surface area contributed by atoms with E-state index in [9.17, 15) is 9.59 Å². The molecule has 1 N–H and O–H groups in total. The summed E-state index contributed by atoms with van der Waals surface area (Å²) in [6.45, 7) is 5.91. The summed E-state index contributed by atoms with van der Waals surface area (Å²) >= 11 is 1.56. The van der Waals surface area contributed by atoms with Crippen LogP contribution in [-0.4, -0.2) is 46.9 Å². The molecule has 1 saturated heterocycles.